The highest BCUT2D eigenvalue weighted by Gasteiger charge is 2.45. The Kier molecular flexibility index (Phi) is 10.1. The summed E-state index contributed by atoms with van der Waals surface area (Å²) in [5, 5.41) is -0.888. The van der Waals surface area contributed by atoms with Crippen LogP contribution in [0.15, 0.2) is 60.7 Å². The van der Waals surface area contributed by atoms with Gasteiger partial charge in [0.05, 0.1) is 29.2 Å². The first-order valence-corrected chi connectivity index (χ1v) is 13.5. The van der Waals surface area contributed by atoms with Crippen LogP contribution in [0, 0.1) is 10.8 Å². The molecule has 36 heavy (non-hydrogen) atoms. The predicted molar refractivity (Wildman–Crippen MR) is 139 cm³/mol. The SMILES string of the molecule is CC(C)(COP(=O)(OCC(C)(C)C(=O)OCc1ccccc1)C(C)(C)C)C(=O)OCc1ccccc1. The van der Waals surface area contributed by atoms with Crippen molar-refractivity contribution < 1.29 is 32.7 Å². The average Bonchev–Trinajstić information content (AvgIpc) is 2.84. The van der Waals surface area contributed by atoms with E-state index >= 15 is 0 Å². The fraction of sp³-hybridized carbons (Fsp3) is 0.500. The Morgan fingerprint density at radius 2 is 0.972 bits per heavy atom. The van der Waals surface area contributed by atoms with Crippen molar-refractivity contribution in [3.8, 4) is 0 Å². The van der Waals surface area contributed by atoms with E-state index in [2.05, 4.69) is 0 Å². The quantitative estimate of drug-likeness (QED) is 0.232. The Morgan fingerprint density at radius 1 is 0.639 bits per heavy atom. The summed E-state index contributed by atoms with van der Waals surface area (Å²) >= 11 is 0. The summed E-state index contributed by atoms with van der Waals surface area (Å²) in [6.07, 6.45) is 0. The van der Waals surface area contributed by atoms with Gasteiger partial charge in [0.1, 0.15) is 13.2 Å². The van der Waals surface area contributed by atoms with Crippen molar-refractivity contribution in [2.45, 2.75) is 66.8 Å². The van der Waals surface area contributed by atoms with Crippen molar-refractivity contribution in [1.82, 2.24) is 0 Å². The molecule has 0 saturated heterocycles. The number of benzene rings is 2. The molecule has 2 aromatic carbocycles. The Morgan fingerprint density at radius 3 is 1.28 bits per heavy atom. The fourth-order valence-corrected chi connectivity index (χ4v) is 4.71. The molecule has 0 bridgehead atoms. The van der Waals surface area contributed by atoms with E-state index in [9.17, 15) is 14.2 Å². The molecule has 0 atom stereocenters. The van der Waals surface area contributed by atoms with Crippen molar-refractivity contribution in [2.24, 2.45) is 10.8 Å². The van der Waals surface area contributed by atoms with Crippen LogP contribution in [0.1, 0.15) is 59.6 Å². The minimum Gasteiger partial charge on any atom is -0.460 e. The monoisotopic (exact) mass is 518 g/mol. The molecule has 7 nitrogen and oxygen atoms in total. The van der Waals surface area contributed by atoms with Crippen LogP contribution in [0.25, 0.3) is 0 Å². The molecule has 0 aliphatic heterocycles. The molecule has 8 heteroatoms. The molecule has 0 fully saturated rings. The second-order valence-electron chi connectivity index (χ2n) is 11.1. The van der Waals surface area contributed by atoms with Crippen LogP contribution in [0.4, 0.5) is 0 Å². The first-order valence-electron chi connectivity index (χ1n) is 12.0. The van der Waals surface area contributed by atoms with Gasteiger partial charge in [-0.1, -0.05) is 60.7 Å². The molecule has 0 heterocycles. The molecule has 0 unspecified atom stereocenters. The topological polar surface area (TPSA) is 88.1 Å². The maximum absolute atomic E-state index is 13.8. The molecular formula is C28H39O7P. The van der Waals surface area contributed by atoms with Crippen LogP contribution in [-0.4, -0.2) is 30.3 Å². The highest BCUT2D eigenvalue weighted by molar-refractivity contribution is 7.55. The predicted octanol–water partition coefficient (Wildman–Crippen LogP) is 6.55. The zero-order valence-corrected chi connectivity index (χ0v) is 23.3. The molecule has 2 rings (SSSR count). The zero-order chi connectivity index (χ0) is 27.0. The molecule has 2 aromatic rings. The summed E-state index contributed by atoms with van der Waals surface area (Å²) < 4.78 is 36.3. The van der Waals surface area contributed by atoms with Crippen LogP contribution >= 0.6 is 7.60 Å². The zero-order valence-electron chi connectivity index (χ0n) is 22.4. The van der Waals surface area contributed by atoms with Crippen LogP contribution in [-0.2, 0) is 45.9 Å². The number of rotatable bonds is 12. The van der Waals surface area contributed by atoms with Gasteiger partial charge < -0.3 is 18.5 Å². The third kappa shape index (κ3) is 8.58. The van der Waals surface area contributed by atoms with Crippen molar-refractivity contribution in [1.29, 1.82) is 0 Å². The lowest BCUT2D eigenvalue weighted by molar-refractivity contribution is -0.157. The third-order valence-electron chi connectivity index (χ3n) is 5.54. The third-order valence-corrected chi connectivity index (χ3v) is 8.12. The highest BCUT2D eigenvalue weighted by Crippen LogP contribution is 2.60. The van der Waals surface area contributed by atoms with E-state index in [-0.39, 0.29) is 26.4 Å². The number of hydrogen-bond acceptors (Lipinski definition) is 7. The summed E-state index contributed by atoms with van der Waals surface area (Å²) in [5.41, 5.74) is -0.396. The fourth-order valence-electron chi connectivity index (χ4n) is 2.87. The molecule has 198 valence electrons. The molecule has 0 amide bonds. The highest BCUT2D eigenvalue weighted by atomic mass is 31.2. The van der Waals surface area contributed by atoms with E-state index in [1.807, 2.05) is 60.7 Å². The van der Waals surface area contributed by atoms with E-state index in [1.54, 1.807) is 48.5 Å². The van der Waals surface area contributed by atoms with Gasteiger partial charge in [0.15, 0.2) is 0 Å². The Hall–Kier alpha value is -2.47. The number of carbonyl (C=O) groups is 2. The number of ether oxygens (including phenoxy) is 2. The molecule has 0 aromatic heterocycles. The van der Waals surface area contributed by atoms with E-state index in [1.165, 1.54) is 0 Å². The Bertz CT molecular complexity index is 965. The maximum atomic E-state index is 13.8. The minimum absolute atomic E-state index is 0.135. The van der Waals surface area contributed by atoms with Gasteiger partial charge in [0.2, 0.25) is 0 Å². The molecule has 0 spiro atoms. The lowest BCUT2D eigenvalue weighted by Crippen LogP contribution is -2.35. The normalized spacial score (nSPS) is 12.8. The van der Waals surface area contributed by atoms with Gasteiger partial charge in [0.25, 0.3) is 0 Å². The number of esters is 2. The van der Waals surface area contributed by atoms with Gasteiger partial charge in [-0.3, -0.25) is 14.2 Å². The van der Waals surface area contributed by atoms with Crippen molar-refractivity contribution in [2.75, 3.05) is 13.2 Å². The number of hydrogen-bond donors (Lipinski definition) is 0. The van der Waals surface area contributed by atoms with E-state index in [4.69, 9.17) is 18.5 Å². The largest absolute Gasteiger partial charge is 0.460 e. The van der Waals surface area contributed by atoms with Crippen LogP contribution in [0.2, 0.25) is 0 Å². The van der Waals surface area contributed by atoms with Crippen molar-refractivity contribution in [3.63, 3.8) is 0 Å². The molecule has 0 aliphatic rings. The van der Waals surface area contributed by atoms with Crippen molar-refractivity contribution in [3.05, 3.63) is 71.8 Å². The maximum Gasteiger partial charge on any atom is 0.335 e. The Labute approximate surface area is 215 Å². The summed E-state index contributed by atoms with van der Waals surface area (Å²) in [7, 11) is -3.75. The summed E-state index contributed by atoms with van der Waals surface area (Å²) in [4.78, 5) is 25.4. The van der Waals surface area contributed by atoms with Gasteiger partial charge in [0, 0.05) is 0 Å². The molecular weight excluding hydrogens is 479 g/mol. The Balaban J connectivity index is 1.98. The van der Waals surface area contributed by atoms with Crippen LogP contribution < -0.4 is 0 Å². The summed E-state index contributed by atoms with van der Waals surface area (Å²) in [6.45, 7) is 11.8. The molecule has 0 N–H and O–H groups in total. The van der Waals surface area contributed by atoms with Gasteiger partial charge >= 0.3 is 19.5 Å². The average molecular weight is 519 g/mol. The minimum atomic E-state index is -3.75. The van der Waals surface area contributed by atoms with Crippen LogP contribution in [0.3, 0.4) is 0 Å². The van der Waals surface area contributed by atoms with E-state index in [0.29, 0.717) is 0 Å². The van der Waals surface area contributed by atoms with Gasteiger partial charge in [-0.25, -0.2) is 0 Å². The smallest absolute Gasteiger partial charge is 0.335 e. The van der Waals surface area contributed by atoms with Crippen molar-refractivity contribution >= 4 is 19.5 Å². The standard InChI is InChI=1S/C28H39O7P/c1-26(2,3)36(31,34-20-27(4,5)24(29)32-18-22-14-10-8-11-15-22)35-21-28(6,7)25(30)33-19-23-16-12-9-13-17-23/h8-17H,18-21H2,1-7H3. The van der Waals surface area contributed by atoms with E-state index in [0.717, 1.165) is 11.1 Å². The van der Waals surface area contributed by atoms with E-state index < -0.39 is 35.5 Å². The van der Waals surface area contributed by atoms with Gasteiger partial charge in [-0.15, -0.1) is 0 Å². The first-order chi connectivity index (χ1) is 16.7. The summed E-state index contributed by atoms with van der Waals surface area (Å²) in [5.74, 6) is -0.951. The first kappa shape index (κ1) is 29.8. The molecule has 0 radical (unpaired) electrons. The number of carbonyl (C=O) groups excluding carboxylic acids is 2. The second-order valence-corrected chi connectivity index (χ2v) is 14.0. The molecule has 0 aliphatic carbocycles. The second kappa shape index (κ2) is 12.2. The summed E-state index contributed by atoms with van der Waals surface area (Å²) in [6, 6.07) is 18.7. The van der Waals surface area contributed by atoms with Crippen LogP contribution in [0.5, 0.6) is 0 Å². The lowest BCUT2D eigenvalue weighted by atomic mass is 9.95. The molecule has 0 saturated carbocycles. The van der Waals surface area contributed by atoms with Gasteiger partial charge in [-0.2, -0.15) is 0 Å². The lowest BCUT2D eigenvalue weighted by Gasteiger charge is -2.34. The van der Waals surface area contributed by atoms with Gasteiger partial charge in [-0.05, 0) is 59.6 Å².